The summed E-state index contributed by atoms with van der Waals surface area (Å²) in [6.45, 7) is 4.39. The molecule has 9 nitrogen and oxygen atoms in total. The van der Waals surface area contributed by atoms with Gasteiger partial charge in [-0.15, -0.1) is 0 Å². The Morgan fingerprint density at radius 3 is 0.935 bits per heavy atom. The van der Waals surface area contributed by atoms with E-state index in [-0.39, 0.29) is 25.6 Å². The van der Waals surface area contributed by atoms with Crippen molar-refractivity contribution in [3.05, 3.63) is 60.8 Å². The molecule has 1 N–H and O–H groups in total. The van der Waals surface area contributed by atoms with Gasteiger partial charge in [-0.2, -0.15) is 0 Å². The lowest BCUT2D eigenvalue weighted by molar-refractivity contribution is -0.870. The minimum absolute atomic E-state index is 0.0336. The summed E-state index contributed by atoms with van der Waals surface area (Å²) in [6, 6.07) is 0. The molecule has 0 aromatic heterocycles. The number of quaternary nitrogens is 1. The average Bonchev–Trinajstić information content (AvgIpc) is 2.14. The van der Waals surface area contributed by atoms with Crippen molar-refractivity contribution in [1.82, 2.24) is 0 Å². The predicted octanol–water partition coefficient (Wildman–Crippen LogP) is 26.5. The molecular weight excluding hydrogens is 1160 g/mol. The third-order valence-electron chi connectivity index (χ3n) is 18.0. The number of rotatable bonds is 75. The number of unbranched alkanes of at least 4 members (excludes halogenated alkanes) is 51. The lowest BCUT2D eigenvalue weighted by atomic mass is 10.0. The Hall–Kier alpha value is -2.29. The van der Waals surface area contributed by atoms with Gasteiger partial charge in [0.25, 0.3) is 0 Å². The molecule has 0 aromatic rings. The number of allylic oxidation sites excluding steroid dienone is 10. The van der Waals surface area contributed by atoms with Gasteiger partial charge in [0.2, 0.25) is 0 Å². The molecule has 0 heterocycles. The Balaban J connectivity index is 3.91. The second-order valence-electron chi connectivity index (χ2n) is 28.4. The van der Waals surface area contributed by atoms with E-state index in [0.29, 0.717) is 23.9 Å². The Morgan fingerprint density at radius 1 is 0.348 bits per heavy atom. The number of hydrogen-bond acceptors (Lipinski definition) is 7. The Morgan fingerprint density at radius 2 is 0.620 bits per heavy atom. The van der Waals surface area contributed by atoms with Gasteiger partial charge in [-0.1, -0.05) is 370 Å². The molecule has 0 aliphatic heterocycles. The number of carbonyl (C=O) groups is 2. The first-order valence-corrected chi connectivity index (χ1v) is 41.5. The SMILES string of the molecule is CC/C=C\C/C=C\C/C=C\C/C=C\CCCCCCCCCCCCCCCCCCCCC(=O)OC(COC(=O)CCCCCCCCCCCCCCCCCCCCCCCCCCC/C=C\CCCCCCCCCC)COP(=O)(O)OCC[N+](C)(C)C. The lowest BCUT2D eigenvalue weighted by Gasteiger charge is -2.24. The molecule has 10 heteroatoms. The molecule has 0 fully saturated rings. The quantitative estimate of drug-likeness (QED) is 0.0211. The normalized spacial score (nSPS) is 13.3. The molecule has 0 amide bonds. The molecule has 0 saturated heterocycles. The number of phosphoric ester groups is 1. The van der Waals surface area contributed by atoms with Crippen molar-refractivity contribution in [3.8, 4) is 0 Å². The average molecular weight is 1310 g/mol. The smallest absolute Gasteiger partial charge is 0.462 e. The minimum atomic E-state index is -4.39. The van der Waals surface area contributed by atoms with E-state index in [1.54, 1.807) is 0 Å². The van der Waals surface area contributed by atoms with Crippen molar-refractivity contribution < 1.29 is 42.1 Å². The standard InChI is InChI=1S/C82H154NO8P/c1-6-8-10-12-14-16-18-20-22-24-26-28-30-32-34-36-38-39-40-41-42-43-45-46-48-50-52-54-56-58-60-62-64-66-68-70-72-74-81(84)88-78-80(79-90-92(86,87)89-77-76-83(3,4)5)91-82(85)75-73-71-69-67-65-63-61-59-57-55-53-51-49-47-44-37-35-33-31-29-27-25-23-21-19-17-15-13-11-9-7-2/h9,11,15,17,21,23-24,26-27,29,80H,6-8,10,12-14,16,18-20,22,25,28,30-79H2,1-5H3/p+1/b11-9-,17-15-,23-21-,26-24-,29-27-. The van der Waals surface area contributed by atoms with Gasteiger partial charge in [-0.05, 0) is 77.0 Å². The van der Waals surface area contributed by atoms with E-state index >= 15 is 0 Å². The lowest BCUT2D eigenvalue weighted by Crippen LogP contribution is -2.37. The summed E-state index contributed by atoms with van der Waals surface area (Å²) in [5.74, 6) is -0.775. The van der Waals surface area contributed by atoms with E-state index in [1.807, 2.05) is 21.1 Å². The van der Waals surface area contributed by atoms with Gasteiger partial charge in [0.1, 0.15) is 19.8 Å². The van der Waals surface area contributed by atoms with Gasteiger partial charge < -0.3 is 18.9 Å². The summed E-state index contributed by atoms with van der Waals surface area (Å²) in [5, 5.41) is 0. The summed E-state index contributed by atoms with van der Waals surface area (Å²) in [5.41, 5.74) is 0. The van der Waals surface area contributed by atoms with Crippen LogP contribution in [0, 0.1) is 0 Å². The topological polar surface area (TPSA) is 108 Å². The summed E-state index contributed by atoms with van der Waals surface area (Å²) in [7, 11) is 1.50. The molecule has 0 aromatic carbocycles. The number of esters is 2. The summed E-state index contributed by atoms with van der Waals surface area (Å²) < 4.78 is 34.8. The highest BCUT2D eigenvalue weighted by atomic mass is 31.2. The number of phosphoric acid groups is 1. The highest BCUT2D eigenvalue weighted by molar-refractivity contribution is 7.47. The first-order chi connectivity index (χ1) is 45.0. The molecule has 540 valence electrons. The van der Waals surface area contributed by atoms with Crippen LogP contribution in [0.25, 0.3) is 0 Å². The van der Waals surface area contributed by atoms with Crippen LogP contribution in [0.4, 0.5) is 0 Å². The van der Waals surface area contributed by atoms with Crippen LogP contribution in [0.15, 0.2) is 60.8 Å². The summed E-state index contributed by atoms with van der Waals surface area (Å²) in [4.78, 5) is 36.0. The molecular formula is C82H155NO8P+. The highest BCUT2D eigenvalue weighted by Crippen LogP contribution is 2.43. The Bertz CT molecular complexity index is 1740. The van der Waals surface area contributed by atoms with E-state index < -0.39 is 26.5 Å². The van der Waals surface area contributed by atoms with Crippen molar-refractivity contribution in [2.24, 2.45) is 0 Å². The van der Waals surface area contributed by atoms with Crippen LogP contribution in [-0.4, -0.2) is 74.9 Å². The third-order valence-corrected chi connectivity index (χ3v) is 19.0. The number of nitrogens with zero attached hydrogens (tertiary/aromatic N) is 1. The number of carbonyl (C=O) groups excluding carboxylic acids is 2. The first kappa shape index (κ1) is 89.7. The van der Waals surface area contributed by atoms with Crippen molar-refractivity contribution in [2.45, 2.75) is 405 Å². The van der Waals surface area contributed by atoms with Gasteiger partial charge in [0, 0.05) is 12.8 Å². The number of ether oxygens (including phenoxy) is 2. The van der Waals surface area contributed by atoms with Crippen LogP contribution in [0.3, 0.4) is 0 Å². The van der Waals surface area contributed by atoms with E-state index in [0.717, 1.165) is 57.8 Å². The van der Waals surface area contributed by atoms with E-state index in [1.165, 1.54) is 308 Å². The van der Waals surface area contributed by atoms with Crippen molar-refractivity contribution in [2.75, 3.05) is 47.5 Å². The van der Waals surface area contributed by atoms with E-state index in [4.69, 9.17) is 18.5 Å². The molecule has 0 aliphatic rings. The molecule has 2 atom stereocenters. The summed E-state index contributed by atoms with van der Waals surface area (Å²) in [6.07, 6.45) is 98.0. The molecule has 0 radical (unpaired) electrons. The van der Waals surface area contributed by atoms with Gasteiger partial charge in [-0.3, -0.25) is 18.6 Å². The second-order valence-corrected chi connectivity index (χ2v) is 29.9. The van der Waals surface area contributed by atoms with Crippen LogP contribution in [-0.2, 0) is 32.7 Å². The van der Waals surface area contributed by atoms with Crippen molar-refractivity contribution in [3.63, 3.8) is 0 Å². The Labute approximate surface area is 572 Å². The molecule has 0 spiro atoms. The molecule has 0 rings (SSSR count). The molecule has 0 saturated carbocycles. The van der Waals surface area contributed by atoms with Crippen molar-refractivity contribution >= 4 is 19.8 Å². The second kappa shape index (κ2) is 73.0. The van der Waals surface area contributed by atoms with Crippen LogP contribution in [0.5, 0.6) is 0 Å². The molecule has 0 aliphatic carbocycles. The highest BCUT2D eigenvalue weighted by Gasteiger charge is 2.27. The van der Waals surface area contributed by atoms with Gasteiger partial charge in [0.05, 0.1) is 27.7 Å². The van der Waals surface area contributed by atoms with Gasteiger partial charge >= 0.3 is 19.8 Å². The maximum atomic E-state index is 12.9. The van der Waals surface area contributed by atoms with Gasteiger partial charge in [0.15, 0.2) is 6.10 Å². The molecule has 2 unspecified atom stereocenters. The first-order valence-electron chi connectivity index (χ1n) is 40.0. The fourth-order valence-corrected chi connectivity index (χ4v) is 12.7. The Kier molecular flexibility index (Phi) is 71.2. The zero-order valence-corrected chi connectivity index (χ0v) is 62.7. The van der Waals surface area contributed by atoms with Crippen LogP contribution < -0.4 is 0 Å². The zero-order chi connectivity index (χ0) is 66.9. The fraction of sp³-hybridized carbons (Fsp3) is 0.854. The zero-order valence-electron chi connectivity index (χ0n) is 61.8. The third kappa shape index (κ3) is 76.7. The minimum Gasteiger partial charge on any atom is -0.462 e. The van der Waals surface area contributed by atoms with Crippen LogP contribution >= 0.6 is 7.82 Å². The largest absolute Gasteiger partial charge is 0.472 e. The van der Waals surface area contributed by atoms with Crippen molar-refractivity contribution in [1.29, 1.82) is 0 Å². The maximum absolute atomic E-state index is 12.9. The predicted molar refractivity (Wildman–Crippen MR) is 400 cm³/mol. The van der Waals surface area contributed by atoms with Crippen LogP contribution in [0.1, 0.15) is 399 Å². The monoisotopic (exact) mass is 1310 g/mol. The number of hydrogen-bond donors (Lipinski definition) is 1. The van der Waals surface area contributed by atoms with E-state index in [9.17, 15) is 19.0 Å². The molecule has 0 bridgehead atoms. The van der Waals surface area contributed by atoms with Gasteiger partial charge in [-0.25, -0.2) is 4.57 Å². The maximum Gasteiger partial charge on any atom is 0.472 e. The van der Waals surface area contributed by atoms with Crippen LogP contribution in [0.2, 0.25) is 0 Å². The fourth-order valence-electron chi connectivity index (χ4n) is 12.0. The van der Waals surface area contributed by atoms with E-state index in [2.05, 4.69) is 74.6 Å². The summed E-state index contributed by atoms with van der Waals surface area (Å²) >= 11 is 0. The number of likely N-dealkylation sites (N-methyl/N-ethyl adjacent to an activating group) is 1. The molecule has 92 heavy (non-hydrogen) atoms.